The zero-order valence-corrected chi connectivity index (χ0v) is 9.17. The highest BCUT2D eigenvalue weighted by atomic mass is 19.4. The molecule has 1 saturated heterocycles. The van der Waals surface area contributed by atoms with E-state index in [1.54, 1.807) is 0 Å². The van der Waals surface area contributed by atoms with Gasteiger partial charge in [0.25, 0.3) is 0 Å². The largest absolute Gasteiger partial charge is 0.419 e. The first-order chi connectivity index (χ1) is 8.43. The number of rotatable bonds is 1. The third-order valence-electron chi connectivity index (χ3n) is 2.88. The van der Waals surface area contributed by atoms with E-state index in [1.807, 2.05) is 6.07 Å². The van der Waals surface area contributed by atoms with Gasteiger partial charge in [0.1, 0.15) is 5.82 Å². The normalized spacial score (nSPS) is 23.9. The van der Waals surface area contributed by atoms with Crippen molar-refractivity contribution in [1.82, 2.24) is 0 Å². The summed E-state index contributed by atoms with van der Waals surface area (Å²) < 4.78 is 56.0. The van der Waals surface area contributed by atoms with Gasteiger partial charge in [-0.15, -0.1) is 0 Å². The highest BCUT2D eigenvalue weighted by molar-refractivity contribution is 5.30. The number of ether oxygens (including phenoxy) is 1. The Morgan fingerprint density at radius 3 is 2.67 bits per heavy atom. The lowest BCUT2D eigenvalue weighted by molar-refractivity contribution is -0.140. The molecule has 1 aromatic rings. The van der Waals surface area contributed by atoms with Gasteiger partial charge >= 0.3 is 6.18 Å². The fourth-order valence-electron chi connectivity index (χ4n) is 1.99. The van der Waals surface area contributed by atoms with Crippen molar-refractivity contribution < 1.29 is 22.3 Å². The number of hydrogen-bond donors (Lipinski definition) is 0. The molecule has 0 saturated carbocycles. The summed E-state index contributed by atoms with van der Waals surface area (Å²) in [6.07, 6.45) is -4.99. The predicted octanol–water partition coefficient (Wildman–Crippen LogP) is 3.45. The van der Waals surface area contributed by atoms with Gasteiger partial charge in [0.15, 0.2) is 0 Å². The first-order valence-electron chi connectivity index (χ1n) is 5.31. The van der Waals surface area contributed by atoms with E-state index in [9.17, 15) is 17.6 Å². The van der Waals surface area contributed by atoms with Crippen LogP contribution in [0.5, 0.6) is 0 Å². The summed E-state index contributed by atoms with van der Waals surface area (Å²) >= 11 is 0. The van der Waals surface area contributed by atoms with E-state index in [1.165, 1.54) is 6.07 Å². The zero-order valence-electron chi connectivity index (χ0n) is 9.17. The Balaban J connectivity index is 2.39. The second-order valence-corrected chi connectivity index (χ2v) is 4.05. The van der Waals surface area contributed by atoms with Gasteiger partial charge in [-0.25, -0.2) is 4.39 Å². The van der Waals surface area contributed by atoms with Gasteiger partial charge < -0.3 is 4.74 Å². The van der Waals surface area contributed by atoms with Crippen LogP contribution >= 0.6 is 0 Å². The molecule has 96 valence electrons. The Hall–Kier alpha value is -1.61. The Labute approximate surface area is 101 Å². The number of hydrogen-bond acceptors (Lipinski definition) is 2. The van der Waals surface area contributed by atoms with Crippen molar-refractivity contribution in [2.24, 2.45) is 5.92 Å². The maximum Gasteiger partial charge on any atom is 0.419 e. The minimum absolute atomic E-state index is 0.188. The van der Waals surface area contributed by atoms with E-state index in [0.29, 0.717) is 13.0 Å². The molecule has 1 aliphatic rings. The molecule has 0 aliphatic carbocycles. The van der Waals surface area contributed by atoms with Crippen LogP contribution in [0, 0.1) is 23.1 Å². The van der Waals surface area contributed by atoms with E-state index in [0.717, 1.165) is 12.1 Å². The van der Waals surface area contributed by atoms with E-state index >= 15 is 0 Å². The fourth-order valence-corrected chi connectivity index (χ4v) is 1.99. The molecular formula is C12H9F4NO. The highest BCUT2D eigenvalue weighted by Crippen LogP contribution is 2.38. The van der Waals surface area contributed by atoms with Crippen molar-refractivity contribution in [3.8, 4) is 6.07 Å². The minimum atomic E-state index is -4.75. The summed E-state index contributed by atoms with van der Waals surface area (Å²) in [5.41, 5.74) is -1.14. The van der Waals surface area contributed by atoms with E-state index in [-0.39, 0.29) is 5.56 Å². The molecule has 1 aliphatic heterocycles. The molecule has 0 spiro atoms. The Morgan fingerprint density at radius 1 is 1.33 bits per heavy atom. The molecule has 0 amide bonds. The molecule has 6 heteroatoms. The van der Waals surface area contributed by atoms with Crippen LogP contribution in [-0.4, -0.2) is 6.61 Å². The molecule has 2 unspecified atom stereocenters. The molecule has 18 heavy (non-hydrogen) atoms. The number of nitrogens with zero attached hydrogens (tertiary/aromatic N) is 1. The van der Waals surface area contributed by atoms with Crippen LogP contribution in [0.25, 0.3) is 0 Å². The predicted molar refractivity (Wildman–Crippen MR) is 53.8 cm³/mol. The number of halogens is 4. The quantitative estimate of drug-likeness (QED) is 0.724. The Kier molecular flexibility index (Phi) is 3.26. The second kappa shape index (κ2) is 4.58. The van der Waals surface area contributed by atoms with Gasteiger partial charge in [0.05, 0.1) is 23.7 Å². The lowest BCUT2D eigenvalue weighted by Crippen LogP contribution is -2.11. The number of nitriles is 1. The van der Waals surface area contributed by atoms with E-state index in [2.05, 4.69) is 0 Å². The van der Waals surface area contributed by atoms with Crippen LogP contribution in [0.3, 0.4) is 0 Å². The van der Waals surface area contributed by atoms with Crippen LogP contribution in [-0.2, 0) is 10.9 Å². The lowest BCUT2D eigenvalue weighted by Gasteiger charge is -2.16. The molecule has 0 N–H and O–H groups in total. The van der Waals surface area contributed by atoms with Crippen molar-refractivity contribution in [1.29, 1.82) is 5.26 Å². The topological polar surface area (TPSA) is 33.0 Å². The second-order valence-electron chi connectivity index (χ2n) is 4.05. The van der Waals surface area contributed by atoms with Crippen LogP contribution in [0.1, 0.15) is 23.7 Å². The molecule has 1 aromatic carbocycles. The van der Waals surface area contributed by atoms with Crippen molar-refractivity contribution in [2.75, 3.05) is 6.61 Å². The van der Waals surface area contributed by atoms with Gasteiger partial charge in [-0.05, 0) is 24.1 Å². The maximum absolute atomic E-state index is 13.1. The number of benzene rings is 1. The summed E-state index contributed by atoms with van der Waals surface area (Å²) in [5.74, 6) is -1.81. The molecule has 0 aromatic heterocycles. The fraction of sp³-hybridized carbons (Fsp3) is 0.417. The summed E-state index contributed by atoms with van der Waals surface area (Å²) in [6.45, 7) is 0.321. The third kappa shape index (κ3) is 2.31. The summed E-state index contributed by atoms with van der Waals surface area (Å²) in [4.78, 5) is 0. The molecule has 1 fully saturated rings. The van der Waals surface area contributed by atoms with Crippen LogP contribution < -0.4 is 0 Å². The SMILES string of the molecule is N#CC1CCOC1c1ccc(F)c(C(F)(F)F)c1. The van der Waals surface area contributed by atoms with Crippen molar-refractivity contribution >= 4 is 0 Å². The molecular weight excluding hydrogens is 250 g/mol. The highest BCUT2D eigenvalue weighted by Gasteiger charge is 2.36. The number of alkyl halides is 3. The van der Waals surface area contributed by atoms with Gasteiger partial charge in [-0.3, -0.25) is 0 Å². The zero-order chi connectivity index (χ0) is 13.3. The Morgan fingerprint density at radius 2 is 2.06 bits per heavy atom. The van der Waals surface area contributed by atoms with Crippen LogP contribution in [0.15, 0.2) is 18.2 Å². The van der Waals surface area contributed by atoms with Crippen LogP contribution in [0.2, 0.25) is 0 Å². The third-order valence-corrected chi connectivity index (χ3v) is 2.88. The molecule has 2 atom stereocenters. The molecule has 0 radical (unpaired) electrons. The average molecular weight is 259 g/mol. The van der Waals surface area contributed by atoms with Crippen molar-refractivity contribution in [2.45, 2.75) is 18.7 Å². The summed E-state index contributed by atoms with van der Waals surface area (Å²) in [6, 6.07) is 4.69. The van der Waals surface area contributed by atoms with Gasteiger partial charge in [0.2, 0.25) is 0 Å². The summed E-state index contributed by atoms with van der Waals surface area (Å²) in [7, 11) is 0. The monoisotopic (exact) mass is 259 g/mol. The van der Waals surface area contributed by atoms with Crippen LogP contribution in [0.4, 0.5) is 17.6 Å². The van der Waals surface area contributed by atoms with Gasteiger partial charge in [-0.2, -0.15) is 18.4 Å². The summed E-state index contributed by atoms with van der Waals surface area (Å²) in [5, 5.41) is 8.86. The smallest absolute Gasteiger partial charge is 0.372 e. The lowest BCUT2D eigenvalue weighted by atomic mass is 9.95. The molecule has 0 bridgehead atoms. The molecule has 2 rings (SSSR count). The van der Waals surface area contributed by atoms with Gasteiger partial charge in [-0.1, -0.05) is 6.07 Å². The molecule has 2 nitrogen and oxygen atoms in total. The maximum atomic E-state index is 13.1. The minimum Gasteiger partial charge on any atom is -0.372 e. The van der Waals surface area contributed by atoms with Crippen molar-refractivity contribution in [3.63, 3.8) is 0 Å². The Bertz CT molecular complexity index is 492. The van der Waals surface area contributed by atoms with Gasteiger partial charge in [0, 0.05) is 6.61 Å². The molecule has 1 heterocycles. The van der Waals surface area contributed by atoms with E-state index in [4.69, 9.17) is 10.00 Å². The van der Waals surface area contributed by atoms with E-state index < -0.39 is 29.6 Å². The first kappa shape index (κ1) is 12.8. The van der Waals surface area contributed by atoms with Crippen molar-refractivity contribution in [3.05, 3.63) is 35.1 Å². The average Bonchev–Trinajstić information content (AvgIpc) is 2.76. The first-order valence-corrected chi connectivity index (χ1v) is 5.31. The standard InChI is InChI=1S/C12H9F4NO/c13-10-2-1-7(5-9(10)12(14,15)16)11-8(6-17)3-4-18-11/h1-2,5,8,11H,3-4H2.